The maximum absolute atomic E-state index is 13.7. The van der Waals surface area contributed by atoms with E-state index in [1.165, 1.54) is 18.0 Å². The molecule has 1 unspecified atom stereocenters. The van der Waals surface area contributed by atoms with Gasteiger partial charge in [-0.3, -0.25) is 10.1 Å². The van der Waals surface area contributed by atoms with Gasteiger partial charge in [0.2, 0.25) is 0 Å². The summed E-state index contributed by atoms with van der Waals surface area (Å²) in [6.45, 7) is 1.67. The molecule has 0 aliphatic rings. The number of hydrogen-bond donors (Lipinski definition) is 1. The summed E-state index contributed by atoms with van der Waals surface area (Å²) in [4.78, 5) is 22.0. The molecule has 1 rings (SSSR count). The summed E-state index contributed by atoms with van der Waals surface area (Å²) in [5.41, 5.74) is -0.345. The molecule has 7 heteroatoms. The molecule has 1 aromatic carbocycles. The van der Waals surface area contributed by atoms with Gasteiger partial charge in [-0.15, -0.1) is 0 Å². The smallest absolute Gasteiger partial charge is 0.326 e. The fraction of sp³-hybridized carbons (Fsp3) is 0.364. The Morgan fingerprint density at radius 1 is 1.61 bits per heavy atom. The fourth-order valence-electron chi connectivity index (χ4n) is 1.68. The number of carboxylic acids is 1. The highest BCUT2D eigenvalue weighted by molar-refractivity contribution is 5.78. The van der Waals surface area contributed by atoms with Gasteiger partial charge in [-0.05, 0) is 12.5 Å². The molecule has 98 valence electrons. The molecule has 0 radical (unpaired) electrons. The average molecular weight is 256 g/mol. The molecule has 0 amide bonds. The second-order valence-corrected chi connectivity index (χ2v) is 3.77. The highest BCUT2D eigenvalue weighted by Gasteiger charge is 2.23. The first kappa shape index (κ1) is 13.9. The van der Waals surface area contributed by atoms with E-state index < -0.39 is 22.8 Å². The van der Waals surface area contributed by atoms with Crippen molar-refractivity contribution in [3.05, 3.63) is 34.1 Å². The molecular weight excluding hydrogens is 243 g/mol. The van der Waals surface area contributed by atoms with Gasteiger partial charge in [0.1, 0.15) is 6.04 Å². The van der Waals surface area contributed by atoms with E-state index >= 15 is 0 Å². The molecule has 1 atom stereocenters. The molecule has 0 fully saturated rings. The molecule has 1 N–H and O–H groups in total. The third kappa shape index (κ3) is 2.73. The molecule has 0 spiro atoms. The van der Waals surface area contributed by atoms with Crippen LogP contribution in [0.15, 0.2) is 18.2 Å². The summed E-state index contributed by atoms with van der Waals surface area (Å²) in [7, 11) is 1.44. The lowest BCUT2D eigenvalue weighted by Gasteiger charge is -2.26. The Morgan fingerprint density at radius 2 is 2.22 bits per heavy atom. The van der Waals surface area contributed by atoms with Crippen molar-refractivity contribution in [3.63, 3.8) is 0 Å². The number of benzene rings is 1. The minimum absolute atomic E-state index is 0.0230. The number of aliphatic carboxylic acids is 1. The summed E-state index contributed by atoms with van der Waals surface area (Å²) in [6.07, 6.45) is 0.294. The van der Waals surface area contributed by atoms with Crippen molar-refractivity contribution in [2.75, 3.05) is 11.9 Å². The first-order chi connectivity index (χ1) is 8.38. The molecule has 0 saturated heterocycles. The number of likely N-dealkylation sites (N-methyl/N-ethyl adjacent to an activating group) is 1. The first-order valence-electron chi connectivity index (χ1n) is 5.28. The van der Waals surface area contributed by atoms with Crippen LogP contribution in [0.2, 0.25) is 0 Å². The minimum Gasteiger partial charge on any atom is -0.480 e. The number of non-ortho nitro benzene ring substituents is 1. The number of carbonyl (C=O) groups is 1. The summed E-state index contributed by atoms with van der Waals surface area (Å²) >= 11 is 0. The highest BCUT2D eigenvalue weighted by atomic mass is 19.1. The van der Waals surface area contributed by atoms with Crippen LogP contribution in [0.3, 0.4) is 0 Å². The first-order valence-corrected chi connectivity index (χ1v) is 5.28. The zero-order chi connectivity index (χ0) is 13.9. The molecular formula is C11H13FN2O4. The van der Waals surface area contributed by atoms with Gasteiger partial charge in [0, 0.05) is 13.1 Å². The van der Waals surface area contributed by atoms with Gasteiger partial charge >= 0.3 is 5.97 Å². The lowest BCUT2D eigenvalue weighted by Crippen LogP contribution is -2.38. The Bertz CT molecular complexity index is 478. The Morgan fingerprint density at radius 3 is 2.61 bits per heavy atom. The zero-order valence-electron chi connectivity index (χ0n) is 9.96. The average Bonchev–Trinajstić information content (AvgIpc) is 2.28. The van der Waals surface area contributed by atoms with Crippen molar-refractivity contribution in [2.45, 2.75) is 19.4 Å². The number of carboxylic acid groups (broad SMARTS) is 1. The van der Waals surface area contributed by atoms with Crippen LogP contribution in [-0.2, 0) is 4.79 Å². The highest BCUT2D eigenvalue weighted by Crippen LogP contribution is 2.25. The van der Waals surface area contributed by atoms with Crippen molar-refractivity contribution in [2.24, 2.45) is 0 Å². The van der Waals surface area contributed by atoms with Crippen LogP contribution in [0.5, 0.6) is 0 Å². The summed E-state index contributed by atoms with van der Waals surface area (Å²) in [6, 6.07) is 2.25. The Labute approximate surface area is 103 Å². The molecule has 1 aromatic rings. The van der Waals surface area contributed by atoms with E-state index in [0.717, 1.165) is 12.1 Å². The van der Waals surface area contributed by atoms with Crippen molar-refractivity contribution in [1.29, 1.82) is 0 Å². The molecule has 0 bridgehead atoms. The van der Waals surface area contributed by atoms with Crippen molar-refractivity contribution in [1.82, 2.24) is 0 Å². The number of nitrogens with zero attached hydrogens (tertiary/aromatic N) is 2. The predicted octanol–water partition coefficient (Wildman–Crippen LogP) is 2.03. The van der Waals surface area contributed by atoms with E-state index in [-0.39, 0.29) is 11.4 Å². The molecule has 0 aliphatic carbocycles. The van der Waals surface area contributed by atoms with E-state index in [1.807, 2.05) is 0 Å². The Hall–Kier alpha value is -2.18. The topological polar surface area (TPSA) is 83.7 Å². The number of rotatable bonds is 5. The molecule has 6 nitrogen and oxygen atoms in total. The Kier molecular flexibility index (Phi) is 4.19. The minimum atomic E-state index is -1.07. The largest absolute Gasteiger partial charge is 0.480 e. The summed E-state index contributed by atoms with van der Waals surface area (Å²) in [5, 5.41) is 19.4. The van der Waals surface area contributed by atoms with E-state index in [2.05, 4.69) is 0 Å². The number of hydrogen-bond acceptors (Lipinski definition) is 4. The third-order valence-electron chi connectivity index (χ3n) is 2.66. The quantitative estimate of drug-likeness (QED) is 0.643. The standard InChI is InChI=1S/C11H13FN2O4/c1-3-9(11(15)16)13(2)10-5-4-7(14(17)18)6-8(10)12/h4-6,9H,3H2,1-2H3,(H,15,16). The number of nitro groups is 1. The Balaban J connectivity index is 3.10. The van der Waals surface area contributed by atoms with Crippen LogP contribution >= 0.6 is 0 Å². The second kappa shape index (κ2) is 5.44. The van der Waals surface area contributed by atoms with E-state index in [0.29, 0.717) is 6.42 Å². The van der Waals surface area contributed by atoms with Crippen molar-refractivity contribution in [3.8, 4) is 0 Å². The molecule has 0 aliphatic heterocycles. The maximum Gasteiger partial charge on any atom is 0.326 e. The van der Waals surface area contributed by atoms with Crippen LogP contribution in [0.4, 0.5) is 15.8 Å². The third-order valence-corrected chi connectivity index (χ3v) is 2.66. The van der Waals surface area contributed by atoms with E-state index in [1.54, 1.807) is 6.92 Å². The van der Waals surface area contributed by atoms with E-state index in [4.69, 9.17) is 5.11 Å². The van der Waals surface area contributed by atoms with Crippen LogP contribution in [0.1, 0.15) is 13.3 Å². The van der Waals surface area contributed by atoms with Crippen molar-refractivity contribution >= 4 is 17.3 Å². The lowest BCUT2D eigenvalue weighted by molar-refractivity contribution is -0.385. The van der Waals surface area contributed by atoms with Gasteiger partial charge in [0.15, 0.2) is 5.82 Å². The van der Waals surface area contributed by atoms with Crippen LogP contribution < -0.4 is 4.90 Å². The molecule has 18 heavy (non-hydrogen) atoms. The van der Waals surface area contributed by atoms with Gasteiger partial charge in [0.25, 0.3) is 5.69 Å². The SMILES string of the molecule is CCC(C(=O)O)N(C)c1ccc([N+](=O)[O-])cc1F. The fourth-order valence-corrected chi connectivity index (χ4v) is 1.68. The normalized spacial score (nSPS) is 11.9. The monoisotopic (exact) mass is 256 g/mol. The van der Waals surface area contributed by atoms with Crippen LogP contribution in [0.25, 0.3) is 0 Å². The summed E-state index contributed by atoms with van der Waals surface area (Å²) < 4.78 is 13.7. The number of anilines is 1. The molecule has 0 aromatic heterocycles. The lowest BCUT2D eigenvalue weighted by atomic mass is 10.1. The summed E-state index contributed by atoms with van der Waals surface area (Å²) in [5.74, 6) is -1.89. The van der Waals surface area contributed by atoms with Crippen LogP contribution in [-0.4, -0.2) is 29.1 Å². The van der Waals surface area contributed by atoms with Gasteiger partial charge < -0.3 is 10.0 Å². The van der Waals surface area contributed by atoms with Crippen molar-refractivity contribution < 1.29 is 19.2 Å². The maximum atomic E-state index is 13.7. The second-order valence-electron chi connectivity index (χ2n) is 3.77. The van der Waals surface area contributed by atoms with Crippen LogP contribution in [0, 0.1) is 15.9 Å². The number of nitro benzene ring substituents is 1. The number of halogens is 1. The predicted molar refractivity (Wildman–Crippen MR) is 63.2 cm³/mol. The van der Waals surface area contributed by atoms with Gasteiger partial charge in [-0.2, -0.15) is 0 Å². The molecule has 0 heterocycles. The zero-order valence-corrected chi connectivity index (χ0v) is 9.96. The van der Waals surface area contributed by atoms with Gasteiger partial charge in [-0.25, -0.2) is 9.18 Å². The van der Waals surface area contributed by atoms with E-state index in [9.17, 15) is 19.3 Å². The molecule has 0 saturated carbocycles. The van der Waals surface area contributed by atoms with Gasteiger partial charge in [-0.1, -0.05) is 6.92 Å². The van der Waals surface area contributed by atoms with Gasteiger partial charge in [0.05, 0.1) is 16.7 Å².